The Morgan fingerprint density at radius 1 is 1.22 bits per heavy atom. The van der Waals surface area contributed by atoms with Crippen molar-refractivity contribution in [3.63, 3.8) is 0 Å². The van der Waals surface area contributed by atoms with Crippen LogP contribution in [0.2, 0.25) is 0 Å². The molecule has 0 bridgehead atoms. The number of likely N-dealkylation sites (tertiary alicyclic amines) is 1. The number of thiazole rings is 1. The van der Waals surface area contributed by atoms with E-state index in [1.54, 1.807) is 11.3 Å². The molecule has 1 N–H and O–H groups in total. The van der Waals surface area contributed by atoms with Gasteiger partial charge in [0, 0.05) is 17.5 Å². The minimum atomic E-state index is -0.344. The number of piperidine rings is 1. The van der Waals surface area contributed by atoms with Crippen LogP contribution in [0.15, 0.2) is 29.6 Å². The third-order valence-corrected chi connectivity index (χ3v) is 4.84. The molecule has 0 saturated carbocycles. The second kappa shape index (κ2) is 7.66. The van der Waals surface area contributed by atoms with Crippen LogP contribution in [0.4, 0.5) is 4.39 Å². The molecule has 1 aliphatic rings. The van der Waals surface area contributed by atoms with Crippen molar-refractivity contribution in [1.29, 1.82) is 0 Å². The maximum Gasteiger partial charge on any atom is 0.251 e. The summed E-state index contributed by atoms with van der Waals surface area (Å²) in [4.78, 5) is 19.0. The van der Waals surface area contributed by atoms with Gasteiger partial charge in [-0.2, -0.15) is 0 Å². The molecule has 2 aromatic rings. The quantitative estimate of drug-likeness (QED) is 0.914. The number of nitrogens with one attached hydrogen (secondary N) is 1. The molecule has 0 aliphatic carbocycles. The van der Waals surface area contributed by atoms with E-state index >= 15 is 0 Å². The fourth-order valence-corrected chi connectivity index (χ4v) is 3.43. The highest BCUT2D eigenvalue weighted by molar-refractivity contribution is 7.09. The highest BCUT2D eigenvalue weighted by Crippen LogP contribution is 2.15. The number of hydrogen-bond donors (Lipinski definition) is 1. The van der Waals surface area contributed by atoms with Gasteiger partial charge in [-0.1, -0.05) is 6.42 Å². The predicted molar refractivity (Wildman–Crippen MR) is 88.8 cm³/mol. The van der Waals surface area contributed by atoms with Crippen molar-refractivity contribution in [2.75, 3.05) is 13.1 Å². The van der Waals surface area contributed by atoms with Crippen LogP contribution >= 0.6 is 11.3 Å². The fourth-order valence-electron chi connectivity index (χ4n) is 2.71. The molecule has 6 heteroatoms. The van der Waals surface area contributed by atoms with Crippen molar-refractivity contribution < 1.29 is 9.18 Å². The number of aromatic nitrogens is 1. The monoisotopic (exact) mass is 333 g/mol. The second-order valence-electron chi connectivity index (χ2n) is 5.76. The summed E-state index contributed by atoms with van der Waals surface area (Å²) < 4.78 is 12.9. The minimum Gasteiger partial charge on any atom is -0.346 e. The molecule has 1 amide bonds. The zero-order chi connectivity index (χ0) is 16.1. The summed E-state index contributed by atoms with van der Waals surface area (Å²) in [5.41, 5.74) is 1.53. The molecule has 1 fully saturated rings. The molecular formula is C17H20FN3OS. The number of carbonyl (C=O) groups excluding carboxylic acids is 1. The van der Waals surface area contributed by atoms with Crippen LogP contribution < -0.4 is 5.32 Å². The number of hydrogen-bond acceptors (Lipinski definition) is 4. The zero-order valence-electron chi connectivity index (χ0n) is 12.9. The van der Waals surface area contributed by atoms with Gasteiger partial charge in [0.15, 0.2) is 0 Å². The second-order valence-corrected chi connectivity index (χ2v) is 6.70. The van der Waals surface area contributed by atoms with Crippen LogP contribution in [-0.4, -0.2) is 28.9 Å². The van der Waals surface area contributed by atoms with Crippen molar-refractivity contribution in [2.24, 2.45) is 0 Å². The largest absolute Gasteiger partial charge is 0.346 e. The summed E-state index contributed by atoms with van der Waals surface area (Å²) >= 11 is 1.57. The third-order valence-electron chi connectivity index (χ3n) is 3.94. The van der Waals surface area contributed by atoms with Gasteiger partial charge in [-0.15, -0.1) is 11.3 Å². The fraction of sp³-hybridized carbons (Fsp3) is 0.412. The standard InChI is InChI=1S/C17H20FN3OS/c18-14-6-4-13(5-7-14)17(22)19-10-16-20-15(12-23-16)11-21-8-2-1-3-9-21/h4-7,12H,1-3,8-11H2,(H,19,22). The molecule has 4 nitrogen and oxygen atoms in total. The molecule has 1 aromatic carbocycles. The first-order valence-electron chi connectivity index (χ1n) is 7.90. The van der Waals surface area contributed by atoms with Crippen molar-refractivity contribution >= 4 is 17.2 Å². The average Bonchev–Trinajstić information content (AvgIpc) is 3.02. The number of rotatable bonds is 5. The van der Waals surface area contributed by atoms with Gasteiger partial charge in [-0.25, -0.2) is 9.37 Å². The third kappa shape index (κ3) is 4.59. The summed E-state index contributed by atoms with van der Waals surface area (Å²) in [6, 6.07) is 5.53. The number of nitrogens with zero attached hydrogens (tertiary/aromatic N) is 2. The van der Waals surface area contributed by atoms with E-state index in [2.05, 4.69) is 20.6 Å². The molecule has 0 atom stereocenters. The molecule has 23 heavy (non-hydrogen) atoms. The van der Waals surface area contributed by atoms with Crippen molar-refractivity contribution in [3.8, 4) is 0 Å². The lowest BCUT2D eigenvalue weighted by Crippen LogP contribution is -2.29. The molecule has 2 heterocycles. The highest BCUT2D eigenvalue weighted by atomic mass is 32.1. The minimum absolute atomic E-state index is 0.210. The zero-order valence-corrected chi connectivity index (χ0v) is 13.7. The molecule has 1 aromatic heterocycles. The predicted octanol–water partition coefficient (Wildman–Crippen LogP) is 3.20. The maximum atomic E-state index is 12.9. The topological polar surface area (TPSA) is 45.2 Å². The molecule has 3 rings (SSSR count). The van der Waals surface area contributed by atoms with Gasteiger partial charge in [-0.05, 0) is 50.2 Å². The molecule has 0 radical (unpaired) electrons. The van der Waals surface area contributed by atoms with Gasteiger partial charge in [0.05, 0.1) is 12.2 Å². The van der Waals surface area contributed by atoms with Gasteiger partial charge in [0.1, 0.15) is 10.8 Å². The first-order valence-corrected chi connectivity index (χ1v) is 8.78. The Bertz CT molecular complexity index is 650. The van der Waals surface area contributed by atoms with Crippen LogP contribution in [0.3, 0.4) is 0 Å². The first-order chi connectivity index (χ1) is 11.2. The van der Waals surface area contributed by atoms with E-state index in [0.717, 1.165) is 30.3 Å². The number of benzene rings is 1. The summed E-state index contributed by atoms with van der Waals surface area (Å²) in [5.74, 6) is -0.554. The van der Waals surface area contributed by atoms with Crippen molar-refractivity contribution in [2.45, 2.75) is 32.4 Å². The molecule has 122 valence electrons. The normalized spacial score (nSPS) is 15.5. The van der Waals surface area contributed by atoms with Crippen LogP contribution in [0.5, 0.6) is 0 Å². The Hall–Kier alpha value is -1.79. The van der Waals surface area contributed by atoms with E-state index < -0.39 is 0 Å². The van der Waals surface area contributed by atoms with Crippen LogP contribution in [-0.2, 0) is 13.1 Å². The van der Waals surface area contributed by atoms with Crippen molar-refractivity contribution in [3.05, 3.63) is 51.7 Å². The van der Waals surface area contributed by atoms with Gasteiger partial charge in [0.2, 0.25) is 0 Å². The summed E-state index contributed by atoms with van der Waals surface area (Å²) in [7, 11) is 0. The van der Waals surface area contributed by atoms with Crippen LogP contribution in [0.1, 0.15) is 40.3 Å². The Morgan fingerprint density at radius 2 is 1.96 bits per heavy atom. The summed E-state index contributed by atoms with van der Waals surface area (Å²) in [6.45, 7) is 3.59. The van der Waals surface area contributed by atoms with Crippen molar-refractivity contribution in [1.82, 2.24) is 15.2 Å². The lowest BCUT2D eigenvalue weighted by Gasteiger charge is -2.25. The Morgan fingerprint density at radius 3 is 2.70 bits per heavy atom. The number of carbonyl (C=O) groups is 1. The number of halogens is 1. The smallest absolute Gasteiger partial charge is 0.251 e. The van der Waals surface area contributed by atoms with E-state index in [9.17, 15) is 9.18 Å². The highest BCUT2D eigenvalue weighted by Gasteiger charge is 2.13. The SMILES string of the molecule is O=C(NCc1nc(CN2CCCCC2)cs1)c1ccc(F)cc1. The van der Waals surface area contributed by atoms with Gasteiger partial charge in [0.25, 0.3) is 5.91 Å². The van der Waals surface area contributed by atoms with Gasteiger partial charge in [-0.3, -0.25) is 9.69 Å². The molecular weight excluding hydrogens is 313 g/mol. The first kappa shape index (κ1) is 16.1. The average molecular weight is 333 g/mol. The van der Waals surface area contributed by atoms with Gasteiger partial charge < -0.3 is 5.32 Å². The Labute approximate surface area is 139 Å². The van der Waals surface area contributed by atoms with Gasteiger partial charge >= 0.3 is 0 Å². The van der Waals surface area contributed by atoms with E-state index in [-0.39, 0.29) is 11.7 Å². The molecule has 0 spiro atoms. The summed E-state index contributed by atoms with van der Waals surface area (Å²) in [6.07, 6.45) is 3.86. The van der Waals surface area contributed by atoms with E-state index in [0.29, 0.717) is 12.1 Å². The van der Waals surface area contributed by atoms with Crippen LogP contribution in [0.25, 0.3) is 0 Å². The molecule has 1 aliphatic heterocycles. The lowest BCUT2D eigenvalue weighted by molar-refractivity contribution is 0.0951. The Kier molecular flexibility index (Phi) is 5.35. The summed E-state index contributed by atoms with van der Waals surface area (Å²) in [5, 5.41) is 5.78. The number of amides is 1. The van der Waals surface area contributed by atoms with Crippen LogP contribution in [0, 0.1) is 5.82 Å². The molecule has 1 saturated heterocycles. The lowest BCUT2D eigenvalue weighted by atomic mass is 10.1. The maximum absolute atomic E-state index is 12.9. The Balaban J connectivity index is 1.50. The van der Waals surface area contributed by atoms with E-state index in [1.807, 2.05) is 0 Å². The van der Waals surface area contributed by atoms with E-state index in [4.69, 9.17) is 0 Å². The van der Waals surface area contributed by atoms with E-state index in [1.165, 1.54) is 43.5 Å². The molecule has 0 unspecified atom stereocenters.